The first kappa shape index (κ1) is 19.6. The Hall–Kier alpha value is -2.73. The van der Waals surface area contributed by atoms with Crippen LogP contribution < -0.4 is 0 Å². The number of hydrogen-bond acceptors (Lipinski definition) is 3. The zero-order valence-electron chi connectivity index (χ0n) is 17.2. The molecule has 1 aromatic carbocycles. The molecule has 1 aliphatic heterocycles. The first-order valence-corrected chi connectivity index (χ1v) is 10.1. The Morgan fingerprint density at radius 1 is 1.17 bits per heavy atom. The number of pyridine rings is 1. The highest BCUT2D eigenvalue weighted by Gasteiger charge is 2.31. The molecule has 1 aliphatic rings. The van der Waals surface area contributed by atoms with Crippen molar-refractivity contribution >= 4 is 11.4 Å². The minimum Gasteiger partial charge on any atom is -0.334 e. The minimum absolute atomic E-state index is 0.0380. The normalized spacial score (nSPS) is 18.0. The van der Waals surface area contributed by atoms with E-state index in [0.29, 0.717) is 24.7 Å². The maximum absolute atomic E-state index is 13.4. The molecule has 6 heteroatoms. The SMILES string of the molecule is CC(C)Cc1nc(C(=O)N2CCN(C)C(c3ccc(F)cc3)C2)c2ccccn12. The summed E-state index contributed by atoms with van der Waals surface area (Å²) in [5, 5.41) is 0. The molecule has 3 aromatic rings. The standard InChI is InChI=1S/C23H27FN4O/c1-16(2)14-21-25-22(19-6-4-5-11-28(19)21)23(29)27-13-12-26(3)20(15-27)17-7-9-18(24)10-8-17/h4-11,16,20H,12-15H2,1-3H3. The summed E-state index contributed by atoms with van der Waals surface area (Å²) in [6.07, 6.45) is 2.79. The minimum atomic E-state index is -0.248. The van der Waals surface area contributed by atoms with Crippen LogP contribution in [-0.2, 0) is 6.42 Å². The van der Waals surface area contributed by atoms with E-state index >= 15 is 0 Å². The third-order valence-corrected chi connectivity index (χ3v) is 5.60. The van der Waals surface area contributed by atoms with Crippen LogP contribution in [0.4, 0.5) is 4.39 Å². The van der Waals surface area contributed by atoms with Gasteiger partial charge in [-0.3, -0.25) is 9.69 Å². The number of rotatable bonds is 4. The number of carbonyl (C=O) groups excluding carboxylic acids is 1. The van der Waals surface area contributed by atoms with Gasteiger partial charge in [0.1, 0.15) is 11.6 Å². The molecule has 152 valence electrons. The quantitative estimate of drug-likeness (QED) is 0.676. The van der Waals surface area contributed by atoms with Crippen LogP contribution in [0.2, 0.25) is 0 Å². The number of likely N-dealkylation sites (N-methyl/N-ethyl adjacent to an activating group) is 1. The molecule has 1 fully saturated rings. The molecule has 1 unspecified atom stereocenters. The van der Waals surface area contributed by atoms with Gasteiger partial charge in [-0.2, -0.15) is 0 Å². The van der Waals surface area contributed by atoms with Crippen molar-refractivity contribution in [2.75, 3.05) is 26.7 Å². The fraction of sp³-hybridized carbons (Fsp3) is 0.391. The van der Waals surface area contributed by atoms with Crippen LogP contribution in [-0.4, -0.2) is 51.8 Å². The maximum Gasteiger partial charge on any atom is 0.274 e. The van der Waals surface area contributed by atoms with Crippen LogP contribution in [0.5, 0.6) is 0 Å². The Morgan fingerprint density at radius 3 is 2.66 bits per heavy atom. The zero-order valence-corrected chi connectivity index (χ0v) is 17.2. The number of halogens is 1. The Balaban J connectivity index is 1.63. The molecule has 29 heavy (non-hydrogen) atoms. The molecule has 1 amide bonds. The second-order valence-electron chi connectivity index (χ2n) is 8.23. The van der Waals surface area contributed by atoms with Gasteiger partial charge in [0, 0.05) is 32.3 Å². The molecule has 0 bridgehead atoms. The van der Waals surface area contributed by atoms with E-state index in [-0.39, 0.29) is 17.8 Å². The number of fused-ring (bicyclic) bond motifs is 1. The maximum atomic E-state index is 13.4. The summed E-state index contributed by atoms with van der Waals surface area (Å²) in [4.78, 5) is 22.3. The molecule has 1 atom stereocenters. The molecule has 0 spiro atoms. The van der Waals surface area contributed by atoms with Crippen LogP contribution >= 0.6 is 0 Å². The first-order valence-electron chi connectivity index (χ1n) is 10.1. The molecule has 0 aliphatic carbocycles. The Kier molecular flexibility index (Phi) is 5.37. The van der Waals surface area contributed by atoms with Crippen LogP contribution in [0.25, 0.3) is 5.52 Å². The van der Waals surface area contributed by atoms with Crippen molar-refractivity contribution in [3.63, 3.8) is 0 Å². The Labute approximate surface area is 170 Å². The summed E-state index contributed by atoms with van der Waals surface area (Å²) in [5.74, 6) is 1.09. The van der Waals surface area contributed by atoms with Gasteiger partial charge in [-0.15, -0.1) is 0 Å². The molecular weight excluding hydrogens is 367 g/mol. The Morgan fingerprint density at radius 2 is 1.93 bits per heavy atom. The number of imidazole rings is 1. The predicted molar refractivity (Wildman–Crippen MR) is 111 cm³/mol. The van der Waals surface area contributed by atoms with Gasteiger partial charge in [-0.05, 0) is 42.8 Å². The number of piperazine rings is 1. The molecule has 1 saturated heterocycles. The number of aromatic nitrogens is 2. The fourth-order valence-corrected chi connectivity index (χ4v) is 4.02. The average Bonchev–Trinajstić information content (AvgIpc) is 3.07. The van der Waals surface area contributed by atoms with Gasteiger partial charge in [0.05, 0.1) is 11.6 Å². The lowest BCUT2D eigenvalue weighted by Gasteiger charge is -2.39. The third-order valence-electron chi connectivity index (χ3n) is 5.60. The van der Waals surface area contributed by atoms with Gasteiger partial charge in [0.25, 0.3) is 5.91 Å². The van der Waals surface area contributed by atoms with Crippen LogP contribution in [0.3, 0.4) is 0 Å². The summed E-state index contributed by atoms with van der Waals surface area (Å²) in [6, 6.07) is 12.5. The Bertz CT molecular complexity index is 1010. The topological polar surface area (TPSA) is 40.9 Å². The predicted octanol–water partition coefficient (Wildman–Crippen LogP) is 3.80. The van der Waals surface area contributed by atoms with Crippen LogP contribution in [0.1, 0.15) is 41.8 Å². The van der Waals surface area contributed by atoms with Crippen molar-refractivity contribution in [2.24, 2.45) is 5.92 Å². The molecule has 0 N–H and O–H groups in total. The molecule has 4 rings (SSSR count). The third kappa shape index (κ3) is 3.90. The van der Waals surface area contributed by atoms with Gasteiger partial charge < -0.3 is 9.30 Å². The number of benzene rings is 1. The number of hydrogen-bond donors (Lipinski definition) is 0. The highest BCUT2D eigenvalue weighted by Crippen LogP contribution is 2.26. The zero-order chi connectivity index (χ0) is 20.5. The van der Waals surface area contributed by atoms with E-state index in [1.165, 1.54) is 12.1 Å². The second kappa shape index (κ2) is 7.95. The first-order chi connectivity index (χ1) is 13.9. The number of carbonyl (C=O) groups is 1. The van der Waals surface area contributed by atoms with Gasteiger partial charge in [0.2, 0.25) is 0 Å². The molecule has 5 nitrogen and oxygen atoms in total. The van der Waals surface area contributed by atoms with E-state index in [1.54, 1.807) is 12.1 Å². The van der Waals surface area contributed by atoms with E-state index in [2.05, 4.69) is 18.7 Å². The lowest BCUT2D eigenvalue weighted by atomic mass is 10.0. The average molecular weight is 394 g/mol. The van der Waals surface area contributed by atoms with Crippen molar-refractivity contribution in [1.82, 2.24) is 19.2 Å². The number of amides is 1. The fourth-order valence-electron chi connectivity index (χ4n) is 4.02. The largest absolute Gasteiger partial charge is 0.334 e. The molecule has 0 saturated carbocycles. The van der Waals surface area contributed by atoms with Crippen molar-refractivity contribution < 1.29 is 9.18 Å². The summed E-state index contributed by atoms with van der Waals surface area (Å²) in [7, 11) is 2.04. The second-order valence-corrected chi connectivity index (χ2v) is 8.23. The highest BCUT2D eigenvalue weighted by atomic mass is 19.1. The number of nitrogens with zero attached hydrogens (tertiary/aromatic N) is 4. The van der Waals surface area contributed by atoms with E-state index in [1.807, 2.05) is 40.7 Å². The smallest absolute Gasteiger partial charge is 0.274 e. The van der Waals surface area contributed by atoms with Gasteiger partial charge >= 0.3 is 0 Å². The summed E-state index contributed by atoms with van der Waals surface area (Å²) < 4.78 is 15.4. The molecule has 3 heterocycles. The van der Waals surface area contributed by atoms with Crippen molar-refractivity contribution in [2.45, 2.75) is 26.3 Å². The van der Waals surface area contributed by atoms with Gasteiger partial charge in [-0.1, -0.05) is 32.0 Å². The summed E-state index contributed by atoms with van der Waals surface area (Å²) >= 11 is 0. The molecule has 2 aromatic heterocycles. The van der Waals surface area contributed by atoms with Crippen molar-refractivity contribution in [3.8, 4) is 0 Å². The van der Waals surface area contributed by atoms with E-state index < -0.39 is 0 Å². The van der Waals surface area contributed by atoms with Crippen molar-refractivity contribution in [3.05, 3.63) is 71.6 Å². The molecule has 0 radical (unpaired) electrons. The highest BCUT2D eigenvalue weighted by molar-refractivity contribution is 5.99. The lowest BCUT2D eigenvalue weighted by Crippen LogP contribution is -2.49. The lowest BCUT2D eigenvalue weighted by molar-refractivity contribution is 0.0543. The van der Waals surface area contributed by atoms with Crippen molar-refractivity contribution in [1.29, 1.82) is 0 Å². The van der Waals surface area contributed by atoms with E-state index in [4.69, 9.17) is 4.98 Å². The molecular formula is C23H27FN4O. The monoisotopic (exact) mass is 394 g/mol. The van der Waals surface area contributed by atoms with Gasteiger partial charge in [-0.25, -0.2) is 9.37 Å². The van der Waals surface area contributed by atoms with E-state index in [9.17, 15) is 9.18 Å². The van der Waals surface area contributed by atoms with E-state index in [0.717, 1.165) is 29.9 Å². The van der Waals surface area contributed by atoms with Crippen LogP contribution in [0.15, 0.2) is 48.7 Å². The summed E-state index contributed by atoms with van der Waals surface area (Å²) in [6.45, 7) is 6.28. The van der Waals surface area contributed by atoms with Gasteiger partial charge in [0.15, 0.2) is 5.69 Å². The summed E-state index contributed by atoms with van der Waals surface area (Å²) in [5.41, 5.74) is 2.38. The van der Waals surface area contributed by atoms with Crippen LogP contribution in [0, 0.1) is 11.7 Å².